The van der Waals surface area contributed by atoms with Crippen LogP contribution < -0.4 is 11.1 Å². The van der Waals surface area contributed by atoms with Crippen LogP contribution in [0.2, 0.25) is 0 Å². The summed E-state index contributed by atoms with van der Waals surface area (Å²) in [4.78, 5) is 16.9. The number of hydrogen-bond acceptors (Lipinski definition) is 3. The predicted molar refractivity (Wildman–Crippen MR) is 90.5 cm³/mol. The van der Waals surface area contributed by atoms with Gasteiger partial charge in [0, 0.05) is 49.7 Å². The van der Waals surface area contributed by atoms with Gasteiger partial charge in [0.25, 0.3) is 0 Å². The number of hydrogen-bond donors (Lipinski definition) is 3. The van der Waals surface area contributed by atoms with Crippen molar-refractivity contribution in [1.29, 1.82) is 0 Å². The first-order chi connectivity index (χ1) is 10.6. The van der Waals surface area contributed by atoms with E-state index in [4.69, 9.17) is 5.73 Å². The fourth-order valence-corrected chi connectivity index (χ4v) is 2.40. The van der Waals surface area contributed by atoms with Crippen molar-refractivity contribution in [3.8, 4) is 11.1 Å². The van der Waals surface area contributed by atoms with Gasteiger partial charge in [-0.15, -0.1) is 0 Å². The van der Waals surface area contributed by atoms with Gasteiger partial charge in [0.15, 0.2) is 0 Å². The number of nitrogens with zero attached hydrogens (tertiary/aromatic N) is 1. The van der Waals surface area contributed by atoms with E-state index < -0.39 is 0 Å². The van der Waals surface area contributed by atoms with Gasteiger partial charge in [-0.1, -0.05) is 19.1 Å². The topological polar surface area (TPSA) is 74.2 Å². The molecular weight excluding hydrogens is 276 g/mol. The summed E-state index contributed by atoms with van der Waals surface area (Å²) < 4.78 is 0. The number of carbonyl (C=O) groups excluding carboxylic acids is 1. The van der Waals surface area contributed by atoms with Crippen LogP contribution in [0, 0.1) is 0 Å². The molecule has 0 aliphatic carbocycles. The van der Waals surface area contributed by atoms with Crippen molar-refractivity contribution in [2.75, 3.05) is 25.5 Å². The third-order valence-corrected chi connectivity index (χ3v) is 3.56. The van der Waals surface area contributed by atoms with Crippen molar-refractivity contribution in [1.82, 2.24) is 9.88 Å². The minimum Gasteiger partial charge on any atom is -0.367 e. The maximum absolute atomic E-state index is 11.5. The highest BCUT2D eigenvalue weighted by molar-refractivity contribution is 5.91. The van der Waals surface area contributed by atoms with Gasteiger partial charge >= 0.3 is 0 Å². The predicted octanol–water partition coefficient (Wildman–Crippen LogP) is 2.42. The standard InChI is InChI=1S/C17H24N4O/c1-3-17(22)20-15-6-4-5-13(9-15)16-11-19-10-14(16)12-21(2)8-7-18/h4-6,9-11,19H,3,7-8,12,18H2,1-2H3,(H,20,22). The van der Waals surface area contributed by atoms with Crippen molar-refractivity contribution in [2.45, 2.75) is 19.9 Å². The Balaban J connectivity index is 2.20. The molecule has 1 amide bonds. The molecule has 0 saturated heterocycles. The van der Waals surface area contributed by atoms with Gasteiger partial charge in [-0.3, -0.25) is 4.79 Å². The summed E-state index contributed by atoms with van der Waals surface area (Å²) in [7, 11) is 2.06. The fourth-order valence-electron chi connectivity index (χ4n) is 2.40. The summed E-state index contributed by atoms with van der Waals surface area (Å²) in [5, 5.41) is 2.90. The smallest absolute Gasteiger partial charge is 0.224 e. The lowest BCUT2D eigenvalue weighted by atomic mass is 10.0. The Kier molecular flexibility index (Phi) is 5.75. The summed E-state index contributed by atoms with van der Waals surface area (Å²) in [6.07, 6.45) is 4.48. The van der Waals surface area contributed by atoms with Crippen LogP contribution >= 0.6 is 0 Å². The van der Waals surface area contributed by atoms with Crippen LogP contribution in [-0.4, -0.2) is 35.9 Å². The van der Waals surface area contributed by atoms with Crippen LogP contribution in [0.3, 0.4) is 0 Å². The molecule has 0 atom stereocenters. The number of rotatable bonds is 7. The van der Waals surface area contributed by atoms with Crippen LogP contribution in [0.1, 0.15) is 18.9 Å². The number of aromatic nitrogens is 1. The second-order valence-electron chi connectivity index (χ2n) is 5.40. The number of benzene rings is 1. The Morgan fingerprint density at radius 2 is 2.18 bits per heavy atom. The number of nitrogens with two attached hydrogens (primary N) is 1. The van der Waals surface area contributed by atoms with Crippen LogP contribution in [0.4, 0.5) is 5.69 Å². The number of aromatic amines is 1. The molecule has 4 N–H and O–H groups in total. The first-order valence-electron chi connectivity index (χ1n) is 7.58. The van der Waals surface area contributed by atoms with E-state index in [1.54, 1.807) is 0 Å². The third kappa shape index (κ3) is 4.19. The molecule has 1 aromatic carbocycles. The average molecular weight is 300 g/mol. The molecule has 2 aromatic rings. The van der Waals surface area contributed by atoms with Gasteiger partial charge in [0.1, 0.15) is 0 Å². The van der Waals surface area contributed by atoms with Gasteiger partial charge in [0.2, 0.25) is 5.91 Å². The largest absolute Gasteiger partial charge is 0.367 e. The lowest BCUT2D eigenvalue weighted by Gasteiger charge is -2.16. The molecule has 1 heterocycles. The number of H-pyrrole nitrogens is 1. The summed E-state index contributed by atoms with van der Waals surface area (Å²) >= 11 is 0. The maximum atomic E-state index is 11.5. The van der Waals surface area contributed by atoms with Gasteiger partial charge in [-0.05, 0) is 30.3 Å². The number of nitrogens with one attached hydrogen (secondary N) is 2. The zero-order chi connectivity index (χ0) is 15.9. The van der Waals surface area contributed by atoms with E-state index in [9.17, 15) is 4.79 Å². The van der Waals surface area contributed by atoms with Gasteiger partial charge < -0.3 is 20.9 Å². The molecule has 0 spiro atoms. The first kappa shape index (κ1) is 16.3. The molecule has 1 aromatic heterocycles. The molecule has 0 unspecified atom stereocenters. The van der Waals surface area contributed by atoms with E-state index in [-0.39, 0.29) is 5.91 Å². The SMILES string of the molecule is CCC(=O)Nc1cccc(-c2c[nH]cc2CN(C)CCN)c1. The Morgan fingerprint density at radius 1 is 1.36 bits per heavy atom. The average Bonchev–Trinajstić information content (AvgIpc) is 2.95. The van der Waals surface area contributed by atoms with Gasteiger partial charge in [0.05, 0.1) is 0 Å². The molecule has 0 radical (unpaired) electrons. The molecule has 0 aliphatic heterocycles. The van der Waals surface area contributed by atoms with Crippen molar-refractivity contribution in [2.24, 2.45) is 5.73 Å². The number of anilines is 1. The molecule has 5 heteroatoms. The molecule has 2 rings (SSSR count). The minimum atomic E-state index is 0.0223. The van der Waals surface area contributed by atoms with Crippen molar-refractivity contribution >= 4 is 11.6 Å². The fraction of sp³-hybridized carbons (Fsp3) is 0.353. The zero-order valence-electron chi connectivity index (χ0n) is 13.2. The maximum Gasteiger partial charge on any atom is 0.224 e. The quantitative estimate of drug-likeness (QED) is 0.735. The van der Waals surface area contributed by atoms with E-state index in [1.165, 1.54) is 5.56 Å². The first-order valence-corrected chi connectivity index (χ1v) is 7.58. The molecule has 0 saturated carbocycles. The van der Waals surface area contributed by atoms with E-state index in [2.05, 4.69) is 28.3 Å². The molecule has 0 bridgehead atoms. The van der Waals surface area contributed by atoms with Crippen molar-refractivity contribution in [3.05, 3.63) is 42.2 Å². The van der Waals surface area contributed by atoms with Crippen LogP contribution in [-0.2, 0) is 11.3 Å². The summed E-state index contributed by atoms with van der Waals surface area (Å²) in [5.41, 5.74) is 9.88. The molecular formula is C17H24N4O. The number of likely N-dealkylation sites (N-methyl/N-ethyl adjacent to an activating group) is 1. The molecule has 22 heavy (non-hydrogen) atoms. The number of amides is 1. The van der Waals surface area contributed by atoms with Gasteiger partial charge in [-0.25, -0.2) is 0 Å². The monoisotopic (exact) mass is 300 g/mol. The molecule has 118 valence electrons. The molecule has 0 aliphatic rings. The Labute approximate surface area is 131 Å². The van der Waals surface area contributed by atoms with E-state index in [0.29, 0.717) is 13.0 Å². The Morgan fingerprint density at radius 3 is 2.91 bits per heavy atom. The normalized spacial score (nSPS) is 10.9. The van der Waals surface area contributed by atoms with Crippen LogP contribution in [0.5, 0.6) is 0 Å². The lowest BCUT2D eigenvalue weighted by Crippen LogP contribution is -2.24. The Hall–Kier alpha value is -2.11. The van der Waals surface area contributed by atoms with Crippen LogP contribution in [0.15, 0.2) is 36.7 Å². The van der Waals surface area contributed by atoms with Crippen LogP contribution in [0.25, 0.3) is 11.1 Å². The highest BCUT2D eigenvalue weighted by atomic mass is 16.1. The minimum absolute atomic E-state index is 0.0223. The second-order valence-corrected chi connectivity index (χ2v) is 5.40. The van der Waals surface area contributed by atoms with E-state index >= 15 is 0 Å². The highest BCUT2D eigenvalue weighted by Crippen LogP contribution is 2.26. The summed E-state index contributed by atoms with van der Waals surface area (Å²) in [6, 6.07) is 7.92. The number of carbonyl (C=O) groups is 1. The van der Waals surface area contributed by atoms with Gasteiger partial charge in [-0.2, -0.15) is 0 Å². The third-order valence-electron chi connectivity index (χ3n) is 3.56. The molecule has 0 fully saturated rings. The lowest BCUT2D eigenvalue weighted by molar-refractivity contribution is -0.115. The summed E-state index contributed by atoms with van der Waals surface area (Å²) in [5.74, 6) is 0.0223. The van der Waals surface area contributed by atoms with Crippen molar-refractivity contribution < 1.29 is 4.79 Å². The van der Waals surface area contributed by atoms with E-state index in [0.717, 1.165) is 29.9 Å². The van der Waals surface area contributed by atoms with Crippen molar-refractivity contribution in [3.63, 3.8) is 0 Å². The zero-order valence-corrected chi connectivity index (χ0v) is 13.2. The Bertz CT molecular complexity index is 621. The highest BCUT2D eigenvalue weighted by Gasteiger charge is 2.09. The van der Waals surface area contributed by atoms with E-state index in [1.807, 2.05) is 37.5 Å². The summed E-state index contributed by atoms with van der Waals surface area (Å²) in [6.45, 7) is 4.18. The second kappa shape index (κ2) is 7.77. The molecule has 5 nitrogen and oxygen atoms in total.